The van der Waals surface area contributed by atoms with E-state index in [0.29, 0.717) is 23.7 Å². The number of nitrogens with zero attached hydrogens (tertiary/aromatic N) is 1. The van der Waals surface area contributed by atoms with E-state index in [1.807, 2.05) is 56.4 Å². The molecule has 204 valence electrons. The molecule has 0 aliphatic rings. The van der Waals surface area contributed by atoms with E-state index in [4.69, 9.17) is 4.74 Å². The molecular formula is C33H38N2O4. The largest absolute Gasteiger partial charge is 0.478 e. The maximum Gasteiger partial charge on any atom is 0.347 e. The summed E-state index contributed by atoms with van der Waals surface area (Å²) in [5, 5.41) is 13.6. The number of carbonyl (C=O) groups is 2. The van der Waals surface area contributed by atoms with Crippen LogP contribution in [0.1, 0.15) is 84.9 Å². The standard InChI is InChI=1S/C33H38N2O4/c1-20(2)24-11-9-12-25(18-24)21(3)34-31(36)26-14-15-28-29(22(4)35(7)30(28)19-26)17-23-10-8-13-27(16-23)39-33(5,6)32(37)38/h8-16,18-21H,17H2,1-7H3,(H,34,36)(H,37,38)/t21-/m0/s1. The number of aliphatic carboxylic acids is 1. The van der Waals surface area contributed by atoms with Crippen molar-refractivity contribution in [3.8, 4) is 5.75 Å². The number of amides is 1. The molecule has 0 radical (unpaired) electrons. The summed E-state index contributed by atoms with van der Waals surface area (Å²) in [6, 6.07) is 21.7. The molecule has 4 aromatic rings. The Morgan fingerprint density at radius 1 is 0.974 bits per heavy atom. The molecule has 1 atom stereocenters. The Hall–Kier alpha value is -4.06. The third kappa shape index (κ3) is 6.00. The topological polar surface area (TPSA) is 80.6 Å². The van der Waals surface area contributed by atoms with E-state index in [1.165, 1.54) is 19.4 Å². The highest BCUT2D eigenvalue weighted by molar-refractivity contribution is 5.99. The summed E-state index contributed by atoms with van der Waals surface area (Å²) in [6.45, 7) is 11.5. The van der Waals surface area contributed by atoms with E-state index in [2.05, 4.69) is 48.9 Å². The van der Waals surface area contributed by atoms with E-state index >= 15 is 0 Å². The first-order valence-electron chi connectivity index (χ1n) is 13.4. The van der Waals surface area contributed by atoms with Crippen LogP contribution in [0.15, 0.2) is 66.7 Å². The van der Waals surface area contributed by atoms with Gasteiger partial charge in [-0.2, -0.15) is 0 Å². The molecule has 0 aliphatic carbocycles. The summed E-state index contributed by atoms with van der Waals surface area (Å²) in [5.41, 5.74) is 5.92. The Morgan fingerprint density at radius 2 is 1.67 bits per heavy atom. The highest BCUT2D eigenvalue weighted by Gasteiger charge is 2.29. The highest BCUT2D eigenvalue weighted by atomic mass is 16.5. The molecule has 0 spiro atoms. The Labute approximate surface area is 230 Å². The van der Waals surface area contributed by atoms with Crippen molar-refractivity contribution in [3.05, 3.63) is 100 Å². The average Bonchev–Trinajstić information content (AvgIpc) is 3.12. The molecule has 0 saturated carbocycles. The minimum absolute atomic E-state index is 0.106. The van der Waals surface area contributed by atoms with Crippen molar-refractivity contribution in [2.24, 2.45) is 7.05 Å². The second kappa shape index (κ2) is 11.0. The lowest BCUT2D eigenvalue weighted by Gasteiger charge is -2.21. The van der Waals surface area contributed by atoms with Gasteiger partial charge in [-0.1, -0.05) is 56.3 Å². The van der Waals surface area contributed by atoms with Gasteiger partial charge in [0.1, 0.15) is 5.75 Å². The van der Waals surface area contributed by atoms with Gasteiger partial charge in [-0.05, 0) is 86.6 Å². The predicted octanol–water partition coefficient (Wildman–Crippen LogP) is 6.93. The van der Waals surface area contributed by atoms with Crippen LogP contribution in [-0.2, 0) is 18.3 Å². The van der Waals surface area contributed by atoms with Gasteiger partial charge in [0, 0.05) is 29.2 Å². The molecule has 1 aromatic heterocycles. The third-order valence-corrected chi connectivity index (χ3v) is 7.48. The van der Waals surface area contributed by atoms with E-state index in [1.54, 1.807) is 6.07 Å². The van der Waals surface area contributed by atoms with Gasteiger partial charge in [-0.3, -0.25) is 4.79 Å². The SMILES string of the molecule is Cc1c(Cc2cccc(OC(C)(C)C(=O)O)c2)c2ccc(C(=O)N[C@@H](C)c3cccc(C(C)C)c3)cc2n1C. The highest BCUT2D eigenvalue weighted by Crippen LogP contribution is 2.30. The maximum absolute atomic E-state index is 13.2. The Balaban J connectivity index is 1.57. The van der Waals surface area contributed by atoms with Crippen LogP contribution in [0.3, 0.4) is 0 Å². The minimum Gasteiger partial charge on any atom is -0.478 e. The van der Waals surface area contributed by atoms with Crippen molar-refractivity contribution < 1.29 is 19.4 Å². The van der Waals surface area contributed by atoms with Gasteiger partial charge in [0.25, 0.3) is 5.91 Å². The molecule has 1 heterocycles. The zero-order chi connectivity index (χ0) is 28.5. The fraction of sp³-hybridized carbons (Fsp3) is 0.333. The maximum atomic E-state index is 13.2. The molecule has 0 aliphatic heterocycles. The second-order valence-corrected chi connectivity index (χ2v) is 11.1. The molecular weight excluding hydrogens is 488 g/mol. The number of carboxylic acid groups (broad SMARTS) is 1. The van der Waals surface area contributed by atoms with Crippen LogP contribution in [0.2, 0.25) is 0 Å². The van der Waals surface area contributed by atoms with Crippen molar-refractivity contribution in [1.29, 1.82) is 0 Å². The monoisotopic (exact) mass is 526 g/mol. The number of fused-ring (bicyclic) bond motifs is 1. The first-order chi connectivity index (χ1) is 18.4. The van der Waals surface area contributed by atoms with Crippen LogP contribution in [-0.4, -0.2) is 27.2 Å². The Bertz CT molecular complexity index is 1530. The number of hydrogen-bond acceptors (Lipinski definition) is 3. The number of benzene rings is 3. The molecule has 6 heteroatoms. The van der Waals surface area contributed by atoms with Crippen LogP contribution in [0, 0.1) is 6.92 Å². The molecule has 0 saturated heterocycles. The third-order valence-electron chi connectivity index (χ3n) is 7.48. The molecule has 1 amide bonds. The number of aryl methyl sites for hydroxylation is 1. The molecule has 0 fully saturated rings. The molecule has 4 rings (SSSR count). The van der Waals surface area contributed by atoms with Crippen molar-refractivity contribution in [1.82, 2.24) is 9.88 Å². The van der Waals surface area contributed by atoms with Gasteiger partial charge in [0.2, 0.25) is 0 Å². The summed E-state index contributed by atoms with van der Waals surface area (Å²) in [5.74, 6) is -0.178. The van der Waals surface area contributed by atoms with E-state index in [-0.39, 0.29) is 11.9 Å². The van der Waals surface area contributed by atoms with Gasteiger partial charge in [-0.15, -0.1) is 0 Å². The van der Waals surface area contributed by atoms with Crippen LogP contribution < -0.4 is 10.1 Å². The first-order valence-corrected chi connectivity index (χ1v) is 13.4. The van der Waals surface area contributed by atoms with Gasteiger partial charge >= 0.3 is 5.97 Å². The summed E-state index contributed by atoms with van der Waals surface area (Å²) in [7, 11) is 2.01. The first kappa shape index (κ1) is 28.0. The van der Waals surface area contributed by atoms with Gasteiger partial charge in [0.15, 0.2) is 5.60 Å². The van der Waals surface area contributed by atoms with Gasteiger partial charge < -0.3 is 19.7 Å². The average molecular weight is 527 g/mol. The second-order valence-electron chi connectivity index (χ2n) is 11.1. The Morgan fingerprint density at radius 3 is 2.36 bits per heavy atom. The number of aromatic nitrogens is 1. The lowest BCUT2D eigenvalue weighted by atomic mass is 9.98. The number of nitrogens with one attached hydrogen (secondary N) is 1. The summed E-state index contributed by atoms with van der Waals surface area (Å²) >= 11 is 0. The smallest absolute Gasteiger partial charge is 0.347 e. The fourth-order valence-corrected chi connectivity index (χ4v) is 4.82. The number of hydrogen-bond donors (Lipinski definition) is 2. The molecule has 0 unspecified atom stereocenters. The van der Waals surface area contributed by atoms with Gasteiger partial charge in [0.05, 0.1) is 6.04 Å². The van der Waals surface area contributed by atoms with Crippen LogP contribution in [0.25, 0.3) is 10.9 Å². The fourth-order valence-electron chi connectivity index (χ4n) is 4.82. The van der Waals surface area contributed by atoms with Crippen LogP contribution >= 0.6 is 0 Å². The van der Waals surface area contributed by atoms with Crippen molar-refractivity contribution in [2.75, 3.05) is 0 Å². The van der Waals surface area contributed by atoms with Crippen molar-refractivity contribution in [3.63, 3.8) is 0 Å². The van der Waals surface area contributed by atoms with E-state index in [0.717, 1.165) is 33.3 Å². The van der Waals surface area contributed by atoms with Gasteiger partial charge in [-0.25, -0.2) is 4.79 Å². The lowest BCUT2D eigenvalue weighted by Crippen LogP contribution is -2.37. The van der Waals surface area contributed by atoms with Crippen molar-refractivity contribution in [2.45, 2.75) is 65.5 Å². The zero-order valence-electron chi connectivity index (χ0n) is 23.8. The van der Waals surface area contributed by atoms with Crippen molar-refractivity contribution >= 4 is 22.8 Å². The molecule has 3 aromatic carbocycles. The summed E-state index contributed by atoms with van der Waals surface area (Å²) < 4.78 is 7.86. The lowest BCUT2D eigenvalue weighted by molar-refractivity contribution is -0.152. The summed E-state index contributed by atoms with van der Waals surface area (Å²) in [4.78, 5) is 24.7. The summed E-state index contributed by atoms with van der Waals surface area (Å²) in [6.07, 6.45) is 0.655. The predicted molar refractivity (Wildman–Crippen MR) is 156 cm³/mol. The van der Waals surface area contributed by atoms with Crippen LogP contribution in [0.5, 0.6) is 5.75 Å². The minimum atomic E-state index is -1.32. The molecule has 39 heavy (non-hydrogen) atoms. The number of carboxylic acids is 1. The van der Waals surface area contributed by atoms with E-state index in [9.17, 15) is 14.7 Å². The normalized spacial score (nSPS) is 12.5. The Kier molecular flexibility index (Phi) is 7.86. The van der Waals surface area contributed by atoms with E-state index < -0.39 is 11.6 Å². The molecule has 0 bridgehead atoms. The van der Waals surface area contributed by atoms with Crippen LogP contribution in [0.4, 0.5) is 0 Å². The molecule has 2 N–H and O–H groups in total. The number of carbonyl (C=O) groups excluding carboxylic acids is 1. The number of rotatable bonds is 9. The zero-order valence-corrected chi connectivity index (χ0v) is 23.8. The molecule has 6 nitrogen and oxygen atoms in total. The quantitative estimate of drug-likeness (QED) is 0.248. The number of ether oxygens (including phenoxy) is 1.